The van der Waals surface area contributed by atoms with Gasteiger partial charge in [0.1, 0.15) is 17.1 Å². The number of nitrogens with zero attached hydrogens (tertiary/aromatic N) is 3. The second-order valence-electron chi connectivity index (χ2n) is 8.93. The molecule has 8 nitrogen and oxygen atoms in total. The van der Waals surface area contributed by atoms with E-state index in [-0.39, 0.29) is 30.1 Å². The smallest absolute Gasteiger partial charge is 0.341 e. The second-order valence-corrected chi connectivity index (χ2v) is 9.95. The van der Waals surface area contributed by atoms with Crippen LogP contribution >= 0.6 is 11.3 Å². The van der Waals surface area contributed by atoms with Gasteiger partial charge in [0.05, 0.1) is 17.7 Å². The van der Waals surface area contributed by atoms with Crippen molar-refractivity contribution in [3.05, 3.63) is 40.3 Å². The SMILES string of the molecule is CCOC(=O)c1c(NC(=O)Cn2nnc3ccccc32)sc2c1CC(C)(C)NC2(C)C. The van der Waals surface area contributed by atoms with E-state index in [4.69, 9.17) is 4.74 Å². The number of hydrogen-bond acceptors (Lipinski definition) is 7. The maximum atomic E-state index is 12.9. The number of nitrogens with one attached hydrogen (secondary N) is 2. The predicted molar refractivity (Wildman–Crippen MR) is 120 cm³/mol. The largest absolute Gasteiger partial charge is 0.462 e. The summed E-state index contributed by atoms with van der Waals surface area (Å²) in [5, 5.41) is 15.3. The van der Waals surface area contributed by atoms with Crippen LogP contribution in [0.1, 0.15) is 55.4 Å². The minimum absolute atomic E-state index is 0.00151. The molecule has 1 aliphatic heterocycles. The number of para-hydroxylation sites is 1. The van der Waals surface area contributed by atoms with Crippen molar-refractivity contribution in [1.29, 1.82) is 0 Å². The van der Waals surface area contributed by atoms with Gasteiger partial charge in [0.25, 0.3) is 0 Å². The van der Waals surface area contributed by atoms with E-state index in [1.165, 1.54) is 11.3 Å². The van der Waals surface area contributed by atoms with Crippen LogP contribution in [0.2, 0.25) is 0 Å². The molecular formula is C22H27N5O3S. The first kappa shape index (κ1) is 21.5. The highest BCUT2D eigenvalue weighted by atomic mass is 32.1. The van der Waals surface area contributed by atoms with Crippen molar-refractivity contribution in [2.75, 3.05) is 11.9 Å². The van der Waals surface area contributed by atoms with Crippen molar-refractivity contribution < 1.29 is 14.3 Å². The molecule has 0 saturated heterocycles. The second kappa shape index (κ2) is 7.72. The van der Waals surface area contributed by atoms with Crippen LogP contribution in [0.3, 0.4) is 0 Å². The van der Waals surface area contributed by atoms with Crippen LogP contribution in [0, 0.1) is 0 Å². The third-order valence-electron chi connectivity index (χ3n) is 5.29. The molecule has 0 aliphatic carbocycles. The molecule has 0 radical (unpaired) electrons. The number of aromatic nitrogens is 3. The van der Waals surface area contributed by atoms with E-state index in [9.17, 15) is 9.59 Å². The van der Waals surface area contributed by atoms with Gasteiger partial charge in [-0.15, -0.1) is 16.4 Å². The van der Waals surface area contributed by atoms with E-state index in [0.717, 1.165) is 21.5 Å². The molecule has 0 spiro atoms. The van der Waals surface area contributed by atoms with Gasteiger partial charge >= 0.3 is 5.97 Å². The van der Waals surface area contributed by atoms with Gasteiger partial charge in [-0.2, -0.15) is 0 Å². The Morgan fingerprint density at radius 3 is 2.74 bits per heavy atom. The Hall–Kier alpha value is -2.78. The normalized spacial score (nSPS) is 16.7. The molecule has 1 aromatic carbocycles. The fourth-order valence-corrected chi connectivity index (χ4v) is 5.65. The highest BCUT2D eigenvalue weighted by molar-refractivity contribution is 7.17. The molecule has 1 aliphatic rings. The molecule has 1 amide bonds. The summed E-state index contributed by atoms with van der Waals surface area (Å²) in [4.78, 5) is 26.8. The fraction of sp³-hybridized carbons (Fsp3) is 0.455. The molecule has 2 N–H and O–H groups in total. The summed E-state index contributed by atoms with van der Waals surface area (Å²) in [7, 11) is 0. The summed E-state index contributed by atoms with van der Waals surface area (Å²) in [6, 6.07) is 7.47. The van der Waals surface area contributed by atoms with Crippen LogP contribution in [0.25, 0.3) is 11.0 Å². The summed E-state index contributed by atoms with van der Waals surface area (Å²) in [5.41, 5.74) is 2.37. The summed E-state index contributed by atoms with van der Waals surface area (Å²) in [6.45, 7) is 10.4. The van der Waals surface area contributed by atoms with Crippen LogP contribution in [-0.2, 0) is 28.0 Å². The zero-order valence-corrected chi connectivity index (χ0v) is 19.2. The zero-order chi connectivity index (χ0) is 22.4. The third-order valence-corrected chi connectivity index (χ3v) is 6.76. The molecule has 0 bridgehead atoms. The number of rotatable bonds is 5. The molecule has 31 heavy (non-hydrogen) atoms. The monoisotopic (exact) mass is 441 g/mol. The number of esters is 1. The van der Waals surface area contributed by atoms with E-state index in [0.29, 0.717) is 17.0 Å². The Morgan fingerprint density at radius 1 is 1.26 bits per heavy atom. The summed E-state index contributed by atoms with van der Waals surface area (Å²) in [6.07, 6.45) is 0.667. The van der Waals surface area contributed by atoms with Crippen molar-refractivity contribution in [2.45, 2.75) is 58.7 Å². The molecule has 0 saturated carbocycles. The lowest BCUT2D eigenvalue weighted by Crippen LogP contribution is -2.55. The van der Waals surface area contributed by atoms with Crippen LogP contribution in [-0.4, -0.2) is 39.0 Å². The molecule has 3 aromatic rings. The quantitative estimate of drug-likeness (QED) is 0.589. The van der Waals surface area contributed by atoms with E-state index in [1.807, 2.05) is 24.3 Å². The molecular weight excluding hydrogens is 414 g/mol. The van der Waals surface area contributed by atoms with Gasteiger partial charge in [-0.25, -0.2) is 9.48 Å². The number of anilines is 1. The zero-order valence-electron chi connectivity index (χ0n) is 18.4. The molecule has 9 heteroatoms. The Bertz CT molecular complexity index is 1160. The molecule has 2 aromatic heterocycles. The number of fused-ring (bicyclic) bond motifs is 2. The number of benzene rings is 1. The Morgan fingerprint density at radius 2 is 2.00 bits per heavy atom. The highest BCUT2D eigenvalue weighted by Gasteiger charge is 2.42. The van der Waals surface area contributed by atoms with Crippen LogP contribution in [0.4, 0.5) is 5.00 Å². The van der Waals surface area contributed by atoms with Gasteiger partial charge in [-0.05, 0) is 58.7 Å². The number of carbonyl (C=O) groups excluding carboxylic acids is 2. The van der Waals surface area contributed by atoms with Crippen molar-refractivity contribution in [3.8, 4) is 0 Å². The molecule has 0 fully saturated rings. The van der Waals surface area contributed by atoms with Crippen LogP contribution < -0.4 is 10.6 Å². The number of ether oxygens (including phenoxy) is 1. The summed E-state index contributed by atoms with van der Waals surface area (Å²) in [5.74, 6) is -0.681. The van der Waals surface area contributed by atoms with E-state index in [1.54, 1.807) is 11.6 Å². The first-order chi connectivity index (χ1) is 14.6. The fourth-order valence-electron chi connectivity index (χ4n) is 4.37. The third kappa shape index (κ3) is 4.07. The van der Waals surface area contributed by atoms with E-state index in [2.05, 4.69) is 48.6 Å². The van der Waals surface area contributed by atoms with Crippen molar-refractivity contribution in [3.63, 3.8) is 0 Å². The molecule has 164 valence electrons. The lowest BCUT2D eigenvalue weighted by molar-refractivity contribution is -0.116. The van der Waals surface area contributed by atoms with Crippen LogP contribution in [0.5, 0.6) is 0 Å². The molecule has 0 atom stereocenters. The summed E-state index contributed by atoms with van der Waals surface area (Å²) >= 11 is 1.43. The maximum Gasteiger partial charge on any atom is 0.341 e. The molecule has 0 unspecified atom stereocenters. The van der Waals surface area contributed by atoms with Crippen molar-refractivity contribution in [1.82, 2.24) is 20.3 Å². The Labute approximate surface area is 185 Å². The lowest BCUT2D eigenvalue weighted by Gasteiger charge is -2.42. The average molecular weight is 442 g/mol. The number of carbonyl (C=O) groups is 2. The number of amides is 1. The van der Waals surface area contributed by atoms with Gasteiger partial charge in [0.2, 0.25) is 5.91 Å². The predicted octanol–water partition coefficient (Wildman–Crippen LogP) is 3.47. The first-order valence-electron chi connectivity index (χ1n) is 10.3. The van der Waals surface area contributed by atoms with Gasteiger partial charge < -0.3 is 15.4 Å². The molecule has 3 heterocycles. The lowest BCUT2D eigenvalue weighted by atomic mass is 9.81. The van der Waals surface area contributed by atoms with Gasteiger partial charge in [-0.3, -0.25) is 4.79 Å². The van der Waals surface area contributed by atoms with E-state index < -0.39 is 5.97 Å². The van der Waals surface area contributed by atoms with Gasteiger partial charge in [0.15, 0.2) is 0 Å². The Balaban J connectivity index is 1.68. The van der Waals surface area contributed by atoms with Crippen LogP contribution in [0.15, 0.2) is 24.3 Å². The topological polar surface area (TPSA) is 98.1 Å². The molecule has 4 rings (SSSR count). The minimum Gasteiger partial charge on any atom is -0.462 e. The highest BCUT2D eigenvalue weighted by Crippen LogP contribution is 2.45. The Kier molecular flexibility index (Phi) is 5.35. The number of hydrogen-bond donors (Lipinski definition) is 2. The first-order valence-corrected chi connectivity index (χ1v) is 11.1. The standard InChI is InChI=1S/C22H27N5O3S/c1-6-30-20(29)17-13-11-21(2,3)25-22(4,5)18(13)31-19(17)23-16(28)12-27-15-10-8-7-9-14(15)24-26-27/h7-10,25H,6,11-12H2,1-5H3,(H,23,28). The minimum atomic E-state index is -0.407. The number of thiophene rings is 1. The average Bonchev–Trinajstić information content (AvgIpc) is 3.22. The maximum absolute atomic E-state index is 12.9. The van der Waals surface area contributed by atoms with Crippen molar-refractivity contribution in [2.24, 2.45) is 0 Å². The summed E-state index contributed by atoms with van der Waals surface area (Å²) < 4.78 is 6.90. The van der Waals surface area contributed by atoms with Gasteiger partial charge in [-0.1, -0.05) is 17.3 Å². The van der Waals surface area contributed by atoms with Crippen molar-refractivity contribution >= 4 is 39.2 Å². The van der Waals surface area contributed by atoms with Gasteiger partial charge in [0, 0.05) is 16.0 Å². The van der Waals surface area contributed by atoms with E-state index >= 15 is 0 Å².